The molecular formula is C19H16F3N3O3S. The Hall–Kier alpha value is -3.11. The number of sulfonamides is 1. The summed E-state index contributed by atoms with van der Waals surface area (Å²) in [5.74, 6) is -2.14. The van der Waals surface area contributed by atoms with Crippen LogP contribution >= 0.6 is 0 Å². The summed E-state index contributed by atoms with van der Waals surface area (Å²) in [4.78, 5) is 3.69. The van der Waals surface area contributed by atoms with Crippen molar-refractivity contribution in [1.82, 2.24) is 4.98 Å². The van der Waals surface area contributed by atoms with E-state index in [9.17, 15) is 26.7 Å². The van der Waals surface area contributed by atoms with E-state index >= 15 is 0 Å². The van der Waals surface area contributed by atoms with Crippen molar-refractivity contribution in [3.63, 3.8) is 0 Å². The Morgan fingerprint density at radius 1 is 1.00 bits per heavy atom. The molecule has 3 N–H and O–H groups in total. The van der Waals surface area contributed by atoms with Crippen LogP contribution in [0.5, 0.6) is 0 Å². The summed E-state index contributed by atoms with van der Waals surface area (Å²) < 4.78 is 66.8. The highest BCUT2D eigenvalue weighted by atomic mass is 32.2. The van der Waals surface area contributed by atoms with Crippen molar-refractivity contribution in [1.29, 1.82) is 0 Å². The first-order valence-electron chi connectivity index (χ1n) is 8.36. The molecule has 0 saturated heterocycles. The number of aliphatic hydroxyl groups excluding tert-OH is 1. The Balaban J connectivity index is 1.67. The third kappa shape index (κ3) is 5.24. The predicted octanol–water partition coefficient (Wildman–Crippen LogP) is 3.45. The third-order valence-corrected chi connectivity index (χ3v) is 5.27. The molecule has 0 spiro atoms. The van der Waals surface area contributed by atoms with Crippen molar-refractivity contribution in [3.8, 4) is 0 Å². The zero-order valence-electron chi connectivity index (χ0n) is 14.8. The molecule has 2 aromatic carbocycles. The van der Waals surface area contributed by atoms with Crippen molar-refractivity contribution in [2.75, 3.05) is 16.6 Å². The van der Waals surface area contributed by atoms with Crippen LogP contribution in [0.2, 0.25) is 0 Å². The minimum absolute atomic E-state index is 0.0547. The van der Waals surface area contributed by atoms with E-state index in [2.05, 4.69) is 15.0 Å². The third-order valence-electron chi connectivity index (χ3n) is 3.90. The van der Waals surface area contributed by atoms with Gasteiger partial charge in [-0.3, -0.25) is 4.72 Å². The predicted molar refractivity (Wildman–Crippen MR) is 101 cm³/mol. The number of benzene rings is 2. The second-order valence-corrected chi connectivity index (χ2v) is 7.74. The molecular weight excluding hydrogens is 407 g/mol. The lowest BCUT2D eigenvalue weighted by Gasteiger charge is -2.14. The van der Waals surface area contributed by atoms with Crippen molar-refractivity contribution >= 4 is 21.5 Å². The summed E-state index contributed by atoms with van der Waals surface area (Å²) in [5, 5.41) is 12.8. The van der Waals surface area contributed by atoms with Crippen molar-refractivity contribution in [2.45, 2.75) is 11.0 Å². The van der Waals surface area contributed by atoms with Crippen LogP contribution in [-0.2, 0) is 10.0 Å². The van der Waals surface area contributed by atoms with Crippen LogP contribution in [0.3, 0.4) is 0 Å². The number of hydrogen-bond donors (Lipinski definition) is 3. The van der Waals surface area contributed by atoms with Gasteiger partial charge in [-0.15, -0.1) is 0 Å². The fraction of sp³-hybridized carbons (Fsp3) is 0.105. The van der Waals surface area contributed by atoms with Gasteiger partial charge in [-0.05, 0) is 30.3 Å². The fourth-order valence-corrected chi connectivity index (χ4v) is 3.51. The zero-order chi connectivity index (χ0) is 21.0. The molecule has 0 radical (unpaired) electrons. The monoisotopic (exact) mass is 423 g/mol. The lowest BCUT2D eigenvalue weighted by molar-refractivity contribution is 0.186. The molecule has 1 heterocycles. The molecule has 0 bridgehead atoms. The molecule has 29 heavy (non-hydrogen) atoms. The molecule has 3 aromatic rings. The maximum Gasteiger partial charge on any atom is 0.263 e. The van der Waals surface area contributed by atoms with Gasteiger partial charge in [0.15, 0.2) is 0 Å². The Labute approximate surface area is 165 Å². The van der Waals surface area contributed by atoms with Crippen LogP contribution in [0, 0.1) is 17.5 Å². The fourth-order valence-electron chi connectivity index (χ4n) is 2.53. The first-order valence-corrected chi connectivity index (χ1v) is 9.84. The number of nitrogens with one attached hydrogen (secondary N) is 2. The highest BCUT2D eigenvalue weighted by Gasteiger charge is 2.16. The van der Waals surface area contributed by atoms with E-state index in [4.69, 9.17) is 0 Å². The molecule has 0 aliphatic rings. The number of nitrogens with zero attached hydrogens (tertiary/aromatic N) is 1. The van der Waals surface area contributed by atoms with E-state index < -0.39 is 33.6 Å². The summed E-state index contributed by atoms with van der Waals surface area (Å²) in [6.45, 7) is -0.0547. The first kappa shape index (κ1) is 20.6. The highest BCUT2D eigenvalue weighted by molar-refractivity contribution is 7.92. The molecule has 3 rings (SSSR count). The van der Waals surface area contributed by atoms with Crippen molar-refractivity contribution in [3.05, 3.63) is 83.8 Å². The quantitative estimate of drug-likeness (QED) is 0.542. The smallest absolute Gasteiger partial charge is 0.263 e. The van der Waals surface area contributed by atoms with Gasteiger partial charge in [0.05, 0.1) is 11.8 Å². The van der Waals surface area contributed by atoms with E-state index in [1.54, 1.807) is 6.07 Å². The van der Waals surface area contributed by atoms with Gasteiger partial charge in [0.25, 0.3) is 10.0 Å². The summed E-state index contributed by atoms with van der Waals surface area (Å²) in [6.07, 6.45) is -0.0959. The van der Waals surface area contributed by atoms with Gasteiger partial charge in [-0.25, -0.2) is 26.6 Å². The van der Waals surface area contributed by atoms with Crippen LogP contribution in [0.1, 0.15) is 11.7 Å². The number of hydrogen-bond acceptors (Lipinski definition) is 5. The average Bonchev–Trinajstić information content (AvgIpc) is 2.65. The molecule has 0 aliphatic heterocycles. The molecule has 1 unspecified atom stereocenters. The standard InChI is InChI=1S/C19H16F3N3O3S/c20-12-7-13(21)9-14(8-12)25-29(27,28)15-5-6-19(23-10-15)24-11-18(26)16-3-1-2-4-17(16)22/h1-10,18,25-26H,11H2,(H,23,24). The Bertz CT molecular complexity index is 1090. The molecule has 6 nitrogen and oxygen atoms in total. The van der Waals surface area contributed by atoms with E-state index in [1.807, 2.05) is 0 Å². The highest BCUT2D eigenvalue weighted by Crippen LogP contribution is 2.20. The summed E-state index contributed by atoms with van der Waals surface area (Å²) in [5.41, 5.74) is -0.150. The van der Waals surface area contributed by atoms with E-state index in [1.165, 1.54) is 30.3 Å². The maximum atomic E-state index is 13.7. The summed E-state index contributed by atoms with van der Waals surface area (Å²) >= 11 is 0. The minimum atomic E-state index is -4.12. The molecule has 0 saturated carbocycles. The van der Waals surface area contributed by atoms with E-state index in [0.717, 1.165) is 18.3 Å². The molecule has 0 aliphatic carbocycles. The normalized spacial score (nSPS) is 12.4. The largest absolute Gasteiger partial charge is 0.386 e. The van der Waals surface area contributed by atoms with Gasteiger partial charge in [0.2, 0.25) is 0 Å². The van der Waals surface area contributed by atoms with Gasteiger partial charge in [-0.1, -0.05) is 18.2 Å². The molecule has 1 aromatic heterocycles. The first-order chi connectivity index (χ1) is 13.7. The number of anilines is 2. The molecule has 10 heteroatoms. The topological polar surface area (TPSA) is 91.3 Å². The van der Waals surface area contributed by atoms with Crippen LogP contribution < -0.4 is 10.0 Å². The van der Waals surface area contributed by atoms with Gasteiger partial charge < -0.3 is 10.4 Å². The molecule has 1 atom stereocenters. The molecule has 0 amide bonds. The average molecular weight is 423 g/mol. The van der Waals surface area contributed by atoms with Crippen molar-refractivity contribution < 1.29 is 26.7 Å². The van der Waals surface area contributed by atoms with Gasteiger partial charge >= 0.3 is 0 Å². The van der Waals surface area contributed by atoms with E-state index in [-0.39, 0.29) is 28.5 Å². The number of halogens is 3. The van der Waals surface area contributed by atoms with Crippen LogP contribution in [0.15, 0.2) is 65.7 Å². The van der Waals surface area contributed by atoms with Gasteiger partial charge in [0, 0.05) is 24.4 Å². The summed E-state index contributed by atoms with van der Waals surface area (Å²) in [7, 11) is -4.12. The lowest BCUT2D eigenvalue weighted by Crippen LogP contribution is -2.15. The van der Waals surface area contributed by atoms with Crippen LogP contribution in [0.4, 0.5) is 24.7 Å². The SMILES string of the molecule is O=S(=O)(Nc1cc(F)cc(F)c1)c1ccc(NCC(O)c2ccccc2F)nc1. The lowest BCUT2D eigenvalue weighted by atomic mass is 10.1. The number of pyridine rings is 1. The maximum absolute atomic E-state index is 13.7. The Morgan fingerprint density at radius 2 is 1.69 bits per heavy atom. The second kappa shape index (κ2) is 8.50. The molecule has 0 fully saturated rings. The van der Waals surface area contributed by atoms with Crippen LogP contribution in [0.25, 0.3) is 0 Å². The van der Waals surface area contributed by atoms with Crippen LogP contribution in [-0.4, -0.2) is 25.1 Å². The number of aliphatic hydroxyl groups is 1. The number of rotatable bonds is 7. The number of aromatic nitrogens is 1. The Morgan fingerprint density at radius 3 is 2.31 bits per heavy atom. The van der Waals surface area contributed by atoms with Crippen molar-refractivity contribution in [2.24, 2.45) is 0 Å². The van der Waals surface area contributed by atoms with E-state index in [0.29, 0.717) is 6.07 Å². The molecule has 152 valence electrons. The summed E-state index contributed by atoms with van der Waals surface area (Å²) in [6, 6.07) is 10.7. The Kier molecular flexibility index (Phi) is 6.04. The zero-order valence-corrected chi connectivity index (χ0v) is 15.6. The van der Waals surface area contributed by atoms with Gasteiger partial charge in [-0.2, -0.15) is 0 Å². The van der Waals surface area contributed by atoms with Gasteiger partial charge in [0.1, 0.15) is 28.2 Å². The second-order valence-electron chi connectivity index (χ2n) is 6.06. The minimum Gasteiger partial charge on any atom is -0.386 e.